The van der Waals surface area contributed by atoms with Gasteiger partial charge in [0.25, 0.3) is 10.1 Å². The van der Waals surface area contributed by atoms with Crippen molar-refractivity contribution in [2.75, 3.05) is 6.26 Å². The van der Waals surface area contributed by atoms with Crippen LogP contribution in [0, 0.1) is 0 Å². The van der Waals surface area contributed by atoms with Crippen molar-refractivity contribution in [2.24, 2.45) is 0 Å². The van der Waals surface area contributed by atoms with Crippen LogP contribution in [0.5, 0.6) is 0 Å². The van der Waals surface area contributed by atoms with Gasteiger partial charge in [0, 0.05) is 0 Å². The van der Waals surface area contributed by atoms with Crippen LogP contribution < -0.4 is 0 Å². The fraction of sp³-hybridized carbons (Fsp3) is 0.800. The summed E-state index contributed by atoms with van der Waals surface area (Å²) < 4.78 is 59.2. The predicted octanol–water partition coefficient (Wildman–Crippen LogP) is 1.41. The van der Waals surface area contributed by atoms with Crippen molar-refractivity contribution in [3.63, 3.8) is 0 Å². The average molecular weight is 346 g/mol. The molecule has 0 saturated carbocycles. The van der Waals surface area contributed by atoms with Gasteiger partial charge in [-0.15, -0.1) is 0 Å². The standard InChI is InChI=1S/C10H22O7S2Si/c1-9(15-18(3,11)12)7-8-10(2)16-19(13,14)17-20(4,5)6/h7-10H,1-6H3/b8-7+. The molecule has 120 valence electrons. The van der Waals surface area contributed by atoms with E-state index in [2.05, 4.69) is 4.18 Å². The highest BCUT2D eigenvalue weighted by Crippen LogP contribution is 2.12. The summed E-state index contributed by atoms with van der Waals surface area (Å²) >= 11 is 0. The van der Waals surface area contributed by atoms with E-state index in [-0.39, 0.29) is 0 Å². The Morgan fingerprint density at radius 3 is 1.65 bits per heavy atom. The second kappa shape index (κ2) is 7.14. The van der Waals surface area contributed by atoms with Gasteiger partial charge in [0.05, 0.1) is 18.5 Å². The van der Waals surface area contributed by atoms with Crippen LogP contribution in [0.2, 0.25) is 19.6 Å². The van der Waals surface area contributed by atoms with Gasteiger partial charge in [-0.05, 0) is 33.5 Å². The smallest absolute Gasteiger partial charge is 0.294 e. The zero-order valence-corrected chi connectivity index (χ0v) is 15.1. The minimum absolute atomic E-state index is 0.711. The predicted molar refractivity (Wildman–Crippen MR) is 78.4 cm³/mol. The Morgan fingerprint density at radius 2 is 1.30 bits per heavy atom. The monoisotopic (exact) mass is 346 g/mol. The normalized spacial score (nSPS) is 17.3. The summed E-state index contributed by atoms with van der Waals surface area (Å²) in [6.07, 6.45) is 2.22. The maximum absolute atomic E-state index is 11.6. The topological polar surface area (TPSA) is 96.0 Å². The van der Waals surface area contributed by atoms with Crippen molar-refractivity contribution in [3.05, 3.63) is 12.2 Å². The molecule has 0 aromatic heterocycles. The summed E-state index contributed by atoms with van der Waals surface area (Å²) in [5, 5.41) is 0. The lowest BCUT2D eigenvalue weighted by atomic mass is 10.3. The molecule has 0 bridgehead atoms. The molecule has 0 amide bonds. The fourth-order valence-corrected chi connectivity index (χ4v) is 4.82. The van der Waals surface area contributed by atoms with Crippen LogP contribution in [0.4, 0.5) is 0 Å². The molecule has 0 spiro atoms. The van der Waals surface area contributed by atoms with Gasteiger partial charge in [0.2, 0.25) is 8.32 Å². The molecule has 0 heterocycles. The molecule has 0 saturated heterocycles. The van der Waals surface area contributed by atoms with Crippen molar-refractivity contribution in [1.82, 2.24) is 0 Å². The van der Waals surface area contributed by atoms with E-state index >= 15 is 0 Å². The first-order valence-electron chi connectivity index (χ1n) is 5.91. The van der Waals surface area contributed by atoms with Crippen molar-refractivity contribution < 1.29 is 29.1 Å². The van der Waals surface area contributed by atoms with Gasteiger partial charge in [-0.2, -0.15) is 16.8 Å². The zero-order valence-electron chi connectivity index (χ0n) is 12.5. The number of rotatable bonds is 8. The molecule has 7 nitrogen and oxygen atoms in total. The first kappa shape index (κ1) is 19.7. The highest BCUT2D eigenvalue weighted by molar-refractivity contribution is 7.86. The third-order valence-corrected chi connectivity index (χ3v) is 5.61. The highest BCUT2D eigenvalue weighted by atomic mass is 32.3. The van der Waals surface area contributed by atoms with Gasteiger partial charge in [-0.25, -0.2) is 4.18 Å². The Labute approximate surface area is 122 Å². The number of hydrogen-bond acceptors (Lipinski definition) is 7. The van der Waals surface area contributed by atoms with E-state index in [1.807, 2.05) is 0 Å². The minimum atomic E-state index is -4.07. The van der Waals surface area contributed by atoms with Gasteiger partial charge in [0.15, 0.2) is 0 Å². The molecule has 0 aliphatic rings. The lowest BCUT2D eigenvalue weighted by Gasteiger charge is -2.17. The van der Waals surface area contributed by atoms with Crippen molar-refractivity contribution in [3.8, 4) is 0 Å². The van der Waals surface area contributed by atoms with E-state index in [9.17, 15) is 16.8 Å². The third kappa shape index (κ3) is 11.6. The molecule has 20 heavy (non-hydrogen) atoms. The largest absolute Gasteiger partial charge is 0.390 e. The lowest BCUT2D eigenvalue weighted by molar-refractivity contribution is 0.233. The molecule has 0 aromatic carbocycles. The maximum Gasteiger partial charge on any atom is 0.390 e. The number of hydrogen-bond donors (Lipinski definition) is 0. The molecule has 10 heteroatoms. The Morgan fingerprint density at radius 1 is 0.900 bits per heavy atom. The van der Waals surface area contributed by atoms with Crippen LogP contribution in [-0.2, 0) is 32.8 Å². The first-order chi connectivity index (χ1) is 8.70. The van der Waals surface area contributed by atoms with E-state index in [1.165, 1.54) is 26.0 Å². The molecular weight excluding hydrogens is 324 g/mol. The van der Waals surface area contributed by atoms with Crippen LogP contribution in [0.1, 0.15) is 13.8 Å². The SMILES string of the molecule is CC(/C=C/C(C)OS(=O)(=O)O[Si](C)(C)C)OS(C)(=O)=O. The van der Waals surface area contributed by atoms with Crippen molar-refractivity contribution in [1.29, 1.82) is 0 Å². The second-order valence-corrected chi connectivity index (χ2v) is 12.8. The Kier molecular flexibility index (Phi) is 7.04. The van der Waals surface area contributed by atoms with Crippen LogP contribution in [-0.4, -0.2) is 43.6 Å². The van der Waals surface area contributed by atoms with Crippen LogP contribution >= 0.6 is 0 Å². The van der Waals surface area contributed by atoms with Crippen molar-refractivity contribution in [2.45, 2.75) is 45.7 Å². The Bertz CT molecular complexity index is 530. The third-order valence-electron chi connectivity index (χ3n) is 1.60. The summed E-state index contributed by atoms with van der Waals surface area (Å²) in [4.78, 5) is 0. The molecule has 0 fully saturated rings. The molecule has 0 aliphatic carbocycles. The molecular formula is C10H22O7S2Si. The Balaban J connectivity index is 4.53. The maximum atomic E-state index is 11.6. The average Bonchev–Trinajstić information content (AvgIpc) is 2.06. The summed E-state index contributed by atoms with van der Waals surface area (Å²) in [7, 11) is -9.91. The van der Waals surface area contributed by atoms with Crippen LogP contribution in [0.25, 0.3) is 0 Å². The van der Waals surface area contributed by atoms with E-state index in [0.717, 1.165) is 6.26 Å². The van der Waals surface area contributed by atoms with E-state index in [1.54, 1.807) is 19.6 Å². The van der Waals surface area contributed by atoms with Crippen molar-refractivity contribution >= 4 is 28.8 Å². The Hall–Kier alpha value is -0.263. The van der Waals surface area contributed by atoms with Crippen LogP contribution in [0.15, 0.2) is 12.2 Å². The molecule has 0 aromatic rings. The second-order valence-electron chi connectivity index (χ2n) is 5.30. The van der Waals surface area contributed by atoms with E-state index in [4.69, 9.17) is 8.06 Å². The van der Waals surface area contributed by atoms with Gasteiger partial charge in [-0.3, -0.25) is 8.06 Å². The molecule has 0 aliphatic heterocycles. The summed E-state index contributed by atoms with van der Waals surface area (Å²) in [5.41, 5.74) is 0. The zero-order chi connectivity index (χ0) is 16.2. The highest BCUT2D eigenvalue weighted by Gasteiger charge is 2.26. The summed E-state index contributed by atoms with van der Waals surface area (Å²) in [6, 6.07) is 0. The molecule has 0 N–H and O–H groups in total. The lowest BCUT2D eigenvalue weighted by Crippen LogP contribution is -2.31. The summed E-state index contributed by atoms with van der Waals surface area (Å²) in [5.74, 6) is 0. The summed E-state index contributed by atoms with van der Waals surface area (Å²) in [6.45, 7) is 8.16. The van der Waals surface area contributed by atoms with E-state index < -0.39 is 41.0 Å². The van der Waals surface area contributed by atoms with Gasteiger partial charge < -0.3 is 0 Å². The quantitative estimate of drug-likeness (QED) is 0.372. The minimum Gasteiger partial charge on any atom is -0.294 e. The molecule has 2 unspecified atom stereocenters. The van der Waals surface area contributed by atoms with Crippen LogP contribution in [0.3, 0.4) is 0 Å². The van der Waals surface area contributed by atoms with Gasteiger partial charge in [0.1, 0.15) is 0 Å². The molecule has 0 rings (SSSR count). The molecule has 2 atom stereocenters. The van der Waals surface area contributed by atoms with Gasteiger partial charge in [-0.1, -0.05) is 12.2 Å². The van der Waals surface area contributed by atoms with Gasteiger partial charge >= 0.3 is 10.4 Å². The van der Waals surface area contributed by atoms with E-state index in [0.29, 0.717) is 0 Å². The fourth-order valence-electron chi connectivity index (χ4n) is 1.16. The molecule has 0 radical (unpaired) electrons. The first-order valence-corrected chi connectivity index (χ1v) is 12.5.